The summed E-state index contributed by atoms with van der Waals surface area (Å²) in [5, 5.41) is 11.7. The predicted octanol–water partition coefficient (Wildman–Crippen LogP) is 4.18. The average Bonchev–Trinajstić information content (AvgIpc) is 3.15. The van der Waals surface area contributed by atoms with Gasteiger partial charge in [0.2, 0.25) is 5.91 Å². The van der Waals surface area contributed by atoms with E-state index in [9.17, 15) is 14.4 Å². The first kappa shape index (κ1) is 23.5. The maximum Gasteiger partial charge on any atom is 0.407 e. The molecule has 4 rings (SSSR count). The second kappa shape index (κ2) is 10.5. The molecule has 7 nitrogen and oxygen atoms in total. The van der Waals surface area contributed by atoms with Crippen molar-refractivity contribution in [3.63, 3.8) is 0 Å². The Morgan fingerprint density at radius 3 is 2.38 bits per heavy atom. The number of fused-ring (bicyclic) bond motifs is 3. The van der Waals surface area contributed by atoms with Crippen molar-refractivity contribution in [1.82, 2.24) is 10.2 Å². The van der Waals surface area contributed by atoms with E-state index in [-0.39, 0.29) is 37.3 Å². The SMILES string of the molecule is C/C(=C\CNC(=O)OCC1c2ccccc2-c2ccccc21)C(=O)N1CCCC(CC(=O)O)C1. The zero-order valence-corrected chi connectivity index (χ0v) is 19.3. The number of carboxylic acids is 1. The van der Waals surface area contributed by atoms with Gasteiger partial charge >= 0.3 is 12.1 Å². The molecule has 2 N–H and O–H groups in total. The van der Waals surface area contributed by atoms with Gasteiger partial charge in [0.1, 0.15) is 6.61 Å². The summed E-state index contributed by atoms with van der Waals surface area (Å²) >= 11 is 0. The van der Waals surface area contributed by atoms with Crippen LogP contribution in [0.1, 0.15) is 43.2 Å². The van der Waals surface area contributed by atoms with Crippen molar-refractivity contribution in [2.75, 3.05) is 26.2 Å². The number of carbonyl (C=O) groups excluding carboxylic acids is 2. The minimum atomic E-state index is -0.834. The van der Waals surface area contributed by atoms with Gasteiger partial charge in [0.25, 0.3) is 0 Å². The van der Waals surface area contributed by atoms with E-state index in [1.54, 1.807) is 17.9 Å². The van der Waals surface area contributed by atoms with Crippen molar-refractivity contribution in [1.29, 1.82) is 0 Å². The molecule has 2 aromatic carbocycles. The summed E-state index contributed by atoms with van der Waals surface area (Å²) in [6.45, 7) is 3.21. The highest BCUT2D eigenvalue weighted by atomic mass is 16.5. The van der Waals surface area contributed by atoms with Gasteiger partial charge in [-0.25, -0.2) is 4.79 Å². The van der Waals surface area contributed by atoms with Gasteiger partial charge in [-0.3, -0.25) is 9.59 Å². The molecule has 2 aromatic rings. The second-order valence-corrected chi connectivity index (χ2v) is 8.95. The molecule has 0 saturated carbocycles. The normalized spacial score (nSPS) is 17.6. The molecule has 1 aliphatic carbocycles. The van der Waals surface area contributed by atoms with Crippen LogP contribution in [0, 0.1) is 5.92 Å². The van der Waals surface area contributed by atoms with Crippen LogP contribution in [-0.4, -0.2) is 54.2 Å². The molecule has 1 unspecified atom stereocenters. The van der Waals surface area contributed by atoms with Crippen LogP contribution in [-0.2, 0) is 14.3 Å². The van der Waals surface area contributed by atoms with E-state index >= 15 is 0 Å². The van der Waals surface area contributed by atoms with E-state index in [4.69, 9.17) is 9.84 Å². The lowest BCUT2D eigenvalue weighted by molar-refractivity contribution is -0.139. The fourth-order valence-electron chi connectivity index (χ4n) is 4.94. The van der Waals surface area contributed by atoms with Gasteiger partial charge < -0.3 is 20.1 Å². The number of nitrogens with one attached hydrogen (secondary N) is 1. The molecule has 0 spiro atoms. The zero-order chi connectivity index (χ0) is 24.1. The molecule has 0 bridgehead atoms. The first-order valence-corrected chi connectivity index (χ1v) is 11.7. The average molecular weight is 463 g/mol. The largest absolute Gasteiger partial charge is 0.481 e. The topological polar surface area (TPSA) is 95.9 Å². The van der Waals surface area contributed by atoms with Gasteiger partial charge in [-0.05, 0) is 47.9 Å². The van der Waals surface area contributed by atoms with E-state index < -0.39 is 12.1 Å². The Labute approximate surface area is 199 Å². The number of piperidine rings is 1. The number of hydrogen-bond acceptors (Lipinski definition) is 4. The molecule has 1 aliphatic heterocycles. The van der Waals surface area contributed by atoms with Crippen LogP contribution in [0.5, 0.6) is 0 Å². The van der Waals surface area contributed by atoms with Crippen LogP contribution in [0.4, 0.5) is 4.79 Å². The Morgan fingerprint density at radius 2 is 1.74 bits per heavy atom. The smallest absolute Gasteiger partial charge is 0.407 e. The standard InChI is InChI=1S/C27H30N2O5/c1-18(26(32)29-14-6-7-19(16-29)15-25(30)31)12-13-28-27(33)34-17-24-22-10-4-2-8-20(22)21-9-3-5-11-23(21)24/h2-5,8-12,19,24H,6-7,13-17H2,1H3,(H,28,33)(H,30,31)/b18-12+. The molecular weight excluding hydrogens is 432 g/mol. The molecule has 1 saturated heterocycles. The van der Waals surface area contributed by atoms with Crippen LogP contribution >= 0.6 is 0 Å². The van der Waals surface area contributed by atoms with Crippen molar-refractivity contribution >= 4 is 18.0 Å². The highest BCUT2D eigenvalue weighted by molar-refractivity contribution is 5.93. The molecule has 7 heteroatoms. The number of benzene rings is 2. The number of rotatable bonds is 7. The quantitative estimate of drug-likeness (QED) is 0.602. The number of likely N-dealkylation sites (tertiary alicyclic amines) is 1. The Morgan fingerprint density at radius 1 is 1.09 bits per heavy atom. The van der Waals surface area contributed by atoms with Crippen LogP contribution in [0.3, 0.4) is 0 Å². The van der Waals surface area contributed by atoms with Gasteiger partial charge in [0, 0.05) is 37.5 Å². The van der Waals surface area contributed by atoms with Crippen molar-refractivity contribution < 1.29 is 24.2 Å². The van der Waals surface area contributed by atoms with E-state index in [2.05, 4.69) is 29.6 Å². The molecule has 2 aliphatic rings. The summed E-state index contributed by atoms with van der Waals surface area (Å²) in [5.41, 5.74) is 5.18. The summed E-state index contributed by atoms with van der Waals surface area (Å²) in [7, 11) is 0. The van der Waals surface area contributed by atoms with Gasteiger partial charge in [0.05, 0.1) is 0 Å². The second-order valence-electron chi connectivity index (χ2n) is 8.95. The molecule has 2 amide bonds. The highest BCUT2D eigenvalue weighted by Crippen LogP contribution is 2.44. The van der Waals surface area contributed by atoms with Crippen LogP contribution in [0.25, 0.3) is 11.1 Å². The number of alkyl carbamates (subject to hydrolysis) is 1. The molecule has 1 heterocycles. The van der Waals surface area contributed by atoms with E-state index in [1.165, 1.54) is 11.1 Å². The summed E-state index contributed by atoms with van der Waals surface area (Å²) in [4.78, 5) is 37.7. The number of aliphatic carboxylic acids is 1. The Bertz CT molecular complexity index is 1060. The van der Waals surface area contributed by atoms with E-state index in [0.717, 1.165) is 24.0 Å². The lowest BCUT2D eigenvalue weighted by Gasteiger charge is -2.32. The number of amides is 2. The highest BCUT2D eigenvalue weighted by Gasteiger charge is 2.29. The fourth-order valence-corrected chi connectivity index (χ4v) is 4.94. The lowest BCUT2D eigenvalue weighted by Crippen LogP contribution is -2.41. The fraction of sp³-hybridized carbons (Fsp3) is 0.370. The first-order valence-electron chi connectivity index (χ1n) is 11.7. The third kappa shape index (κ3) is 5.30. The molecule has 34 heavy (non-hydrogen) atoms. The van der Waals surface area contributed by atoms with Crippen LogP contribution in [0.15, 0.2) is 60.2 Å². The summed E-state index contributed by atoms with van der Waals surface area (Å²) in [6, 6.07) is 16.3. The molecule has 1 atom stereocenters. The monoisotopic (exact) mass is 462 g/mol. The molecular formula is C27H30N2O5. The van der Waals surface area contributed by atoms with E-state index in [0.29, 0.717) is 18.7 Å². The maximum absolute atomic E-state index is 12.7. The van der Waals surface area contributed by atoms with Crippen molar-refractivity contribution in [2.24, 2.45) is 5.92 Å². The first-order chi connectivity index (χ1) is 16.4. The predicted molar refractivity (Wildman–Crippen MR) is 128 cm³/mol. The number of carbonyl (C=O) groups is 3. The van der Waals surface area contributed by atoms with Crippen molar-refractivity contribution in [3.05, 3.63) is 71.3 Å². The third-order valence-corrected chi connectivity index (χ3v) is 6.61. The van der Waals surface area contributed by atoms with Crippen molar-refractivity contribution in [3.8, 4) is 11.1 Å². The van der Waals surface area contributed by atoms with Crippen LogP contribution < -0.4 is 5.32 Å². The summed E-state index contributed by atoms with van der Waals surface area (Å²) in [5.74, 6) is -0.972. The number of nitrogens with zero attached hydrogens (tertiary/aromatic N) is 1. The van der Waals surface area contributed by atoms with Gasteiger partial charge in [-0.15, -0.1) is 0 Å². The summed E-state index contributed by atoms with van der Waals surface area (Å²) in [6.07, 6.45) is 2.84. The number of carboxylic acid groups (broad SMARTS) is 1. The van der Waals surface area contributed by atoms with Crippen molar-refractivity contribution in [2.45, 2.75) is 32.1 Å². The number of ether oxygens (including phenoxy) is 1. The van der Waals surface area contributed by atoms with E-state index in [1.807, 2.05) is 24.3 Å². The Hall–Kier alpha value is -3.61. The minimum Gasteiger partial charge on any atom is -0.481 e. The van der Waals surface area contributed by atoms with Crippen LogP contribution in [0.2, 0.25) is 0 Å². The molecule has 0 radical (unpaired) electrons. The lowest BCUT2D eigenvalue weighted by atomic mass is 9.94. The number of hydrogen-bond donors (Lipinski definition) is 2. The van der Waals surface area contributed by atoms with Gasteiger partial charge in [-0.2, -0.15) is 0 Å². The van der Waals surface area contributed by atoms with Gasteiger partial charge in [0.15, 0.2) is 0 Å². The maximum atomic E-state index is 12.7. The Balaban J connectivity index is 1.27. The molecule has 0 aromatic heterocycles. The minimum absolute atomic E-state index is 0.00476. The molecule has 178 valence electrons. The zero-order valence-electron chi connectivity index (χ0n) is 19.3. The molecule has 1 fully saturated rings. The Kier molecular flexibility index (Phi) is 7.30. The van der Waals surface area contributed by atoms with Gasteiger partial charge in [-0.1, -0.05) is 54.6 Å². The summed E-state index contributed by atoms with van der Waals surface area (Å²) < 4.78 is 5.52. The third-order valence-electron chi connectivity index (χ3n) is 6.61.